The molecule has 1 fully saturated rings. The summed E-state index contributed by atoms with van der Waals surface area (Å²) < 4.78 is 0. The minimum absolute atomic E-state index is 0.135. The first-order chi connectivity index (χ1) is 9.45. The number of hydrogen-bond donors (Lipinski definition) is 1. The Hall–Kier alpha value is -0.640. The summed E-state index contributed by atoms with van der Waals surface area (Å²) in [5.74, 6) is 0.661. The highest BCUT2D eigenvalue weighted by Crippen LogP contribution is 2.39. The topological polar surface area (TPSA) is 36.4 Å². The minimum atomic E-state index is -0.403. The average molecular weight is 297 g/mol. The molecule has 3 unspecified atom stereocenters. The molecule has 1 aromatic rings. The molecular formula is C16H25ClN2O. The van der Waals surface area contributed by atoms with Gasteiger partial charge in [0.25, 0.3) is 0 Å². The first-order valence-electron chi connectivity index (χ1n) is 7.39. The van der Waals surface area contributed by atoms with Gasteiger partial charge in [0.2, 0.25) is 0 Å². The van der Waals surface area contributed by atoms with Crippen LogP contribution < -0.4 is 0 Å². The van der Waals surface area contributed by atoms with E-state index in [1.165, 1.54) is 12.8 Å². The van der Waals surface area contributed by atoms with Crippen LogP contribution in [0.2, 0.25) is 5.02 Å². The van der Waals surface area contributed by atoms with E-state index in [4.69, 9.17) is 11.6 Å². The molecule has 3 atom stereocenters. The molecule has 0 aliphatic heterocycles. The van der Waals surface area contributed by atoms with Crippen LogP contribution in [0.5, 0.6) is 0 Å². The molecule has 3 nitrogen and oxygen atoms in total. The van der Waals surface area contributed by atoms with Gasteiger partial charge in [0.15, 0.2) is 0 Å². The third-order valence-electron chi connectivity index (χ3n) is 4.79. The molecule has 20 heavy (non-hydrogen) atoms. The molecule has 1 aliphatic carbocycles. The van der Waals surface area contributed by atoms with Crippen LogP contribution in [0.4, 0.5) is 0 Å². The van der Waals surface area contributed by atoms with Gasteiger partial charge in [-0.3, -0.25) is 4.98 Å². The zero-order valence-corrected chi connectivity index (χ0v) is 13.4. The third kappa shape index (κ3) is 3.16. The lowest BCUT2D eigenvalue weighted by Crippen LogP contribution is -2.56. The van der Waals surface area contributed by atoms with Crippen molar-refractivity contribution in [2.24, 2.45) is 5.92 Å². The number of aliphatic hydroxyl groups is 1. The number of aromatic nitrogens is 1. The Morgan fingerprint density at radius 1 is 1.55 bits per heavy atom. The Morgan fingerprint density at radius 2 is 2.30 bits per heavy atom. The van der Waals surface area contributed by atoms with E-state index in [1.807, 2.05) is 6.07 Å². The van der Waals surface area contributed by atoms with Gasteiger partial charge in [0, 0.05) is 24.4 Å². The predicted molar refractivity (Wildman–Crippen MR) is 83.0 cm³/mol. The van der Waals surface area contributed by atoms with Crippen LogP contribution in [0.3, 0.4) is 0 Å². The second-order valence-corrected chi connectivity index (χ2v) is 6.79. The van der Waals surface area contributed by atoms with E-state index in [0.29, 0.717) is 17.4 Å². The molecule has 1 aromatic heterocycles. The van der Waals surface area contributed by atoms with Gasteiger partial charge in [-0.1, -0.05) is 31.4 Å². The second kappa shape index (κ2) is 6.42. The molecule has 1 heterocycles. The van der Waals surface area contributed by atoms with Gasteiger partial charge in [0.1, 0.15) is 0 Å². The van der Waals surface area contributed by atoms with E-state index in [0.717, 1.165) is 18.4 Å². The molecule has 1 aliphatic rings. The Bertz CT molecular complexity index is 452. The van der Waals surface area contributed by atoms with E-state index in [-0.39, 0.29) is 5.54 Å². The lowest BCUT2D eigenvalue weighted by atomic mass is 9.71. The lowest BCUT2D eigenvalue weighted by Gasteiger charge is -2.48. The van der Waals surface area contributed by atoms with Crippen molar-refractivity contribution >= 4 is 11.6 Å². The first kappa shape index (κ1) is 15.7. The molecule has 0 aromatic carbocycles. The highest BCUT2D eigenvalue weighted by atomic mass is 35.5. The Kier molecular flexibility index (Phi) is 5.05. The molecule has 1 N–H and O–H groups in total. The summed E-state index contributed by atoms with van der Waals surface area (Å²) in [6.07, 6.45) is 8.11. The Balaban J connectivity index is 2.19. The van der Waals surface area contributed by atoms with E-state index >= 15 is 0 Å². The third-order valence-corrected chi connectivity index (χ3v) is 5.13. The quantitative estimate of drug-likeness (QED) is 0.927. The summed E-state index contributed by atoms with van der Waals surface area (Å²) >= 11 is 6.17. The fraction of sp³-hybridized carbons (Fsp3) is 0.688. The van der Waals surface area contributed by atoms with Crippen LogP contribution in [0.15, 0.2) is 18.5 Å². The molecule has 0 saturated heterocycles. The maximum absolute atomic E-state index is 10.9. The number of aliphatic hydroxyl groups excluding tert-OH is 1. The van der Waals surface area contributed by atoms with Gasteiger partial charge >= 0.3 is 0 Å². The standard InChI is InChI=1S/C16H25ClN2O/c1-12-5-4-7-16(10-12,19(2)3)15(20)9-13-6-8-18-11-14(13)17/h6,8,11-12,15,20H,4-5,7,9-10H2,1-3H3. The lowest BCUT2D eigenvalue weighted by molar-refractivity contribution is -0.0424. The molecule has 0 radical (unpaired) electrons. The Labute approximate surface area is 127 Å². The van der Waals surface area contributed by atoms with Crippen molar-refractivity contribution in [2.45, 2.75) is 50.7 Å². The number of halogens is 1. The van der Waals surface area contributed by atoms with Crippen LogP contribution in [0, 0.1) is 5.92 Å². The Morgan fingerprint density at radius 3 is 2.90 bits per heavy atom. The molecule has 4 heteroatoms. The van der Waals surface area contributed by atoms with Gasteiger partial charge in [-0.2, -0.15) is 0 Å². The summed E-state index contributed by atoms with van der Waals surface area (Å²) in [5.41, 5.74) is 0.846. The highest BCUT2D eigenvalue weighted by Gasteiger charge is 2.43. The number of pyridine rings is 1. The summed E-state index contributed by atoms with van der Waals surface area (Å²) in [7, 11) is 4.16. The van der Waals surface area contributed by atoms with Crippen molar-refractivity contribution in [1.82, 2.24) is 9.88 Å². The molecule has 1 saturated carbocycles. The molecule has 0 amide bonds. The fourth-order valence-corrected chi connectivity index (χ4v) is 3.74. The van der Waals surface area contributed by atoms with Gasteiger partial charge in [-0.15, -0.1) is 0 Å². The maximum atomic E-state index is 10.9. The smallest absolute Gasteiger partial charge is 0.0764 e. The normalized spacial score (nSPS) is 28.6. The number of hydrogen-bond acceptors (Lipinski definition) is 3. The van der Waals surface area contributed by atoms with Gasteiger partial charge in [-0.05, 0) is 44.5 Å². The van der Waals surface area contributed by atoms with Gasteiger partial charge in [0.05, 0.1) is 11.1 Å². The highest BCUT2D eigenvalue weighted by molar-refractivity contribution is 6.31. The summed E-state index contributed by atoms with van der Waals surface area (Å²) in [6.45, 7) is 2.28. The summed E-state index contributed by atoms with van der Waals surface area (Å²) in [5, 5.41) is 11.5. The van der Waals surface area contributed by atoms with Crippen molar-refractivity contribution in [3.05, 3.63) is 29.0 Å². The van der Waals surface area contributed by atoms with E-state index in [1.54, 1.807) is 12.4 Å². The molecule has 112 valence electrons. The van der Waals surface area contributed by atoms with E-state index in [2.05, 4.69) is 30.9 Å². The first-order valence-corrected chi connectivity index (χ1v) is 7.77. The largest absolute Gasteiger partial charge is 0.391 e. The van der Waals surface area contributed by atoms with Gasteiger partial charge < -0.3 is 10.0 Å². The van der Waals surface area contributed by atoms with Crippen molar-refractivity contribution in [3.63, 3.8) is 0 Å². The van der Waals surface area contributed by atoms with Crippen LogP contribution >= 0.6 is 11.6 Å². The number of likely N-dealkylation sites (N-methyl/N-ethyl adjacent to an activating group) is 1. The van der Waals surface area contributed by atoms with Crippen molar-refractivity contribution in [1.29, 1.82) is 0 Å². The molecule has 0 spiro atoms. The minimum Gasteiger partial charge on any atom is -0.391 e. The number of rotatable bonds is 4. The van der Waals surface area contributed by atoms with Crippen LogP contribution in [-0.2, 0) is 6.42 Å². The molecule has 2 rings (SSSR count). The molecular weight excluding hydrogens is 272 g/mol. The van der Waals surface area contributed by atoms with Crippen LogP contribution in [0.1, 0.15) is 38.2 Å². The monoisotopic (exact) mass is 296 g/mol. The fourth-order valence-electron chi connectivity index (χ4n) is 3.54. The van der Waals surface area contributed by atoms with Crippen molar-refractivity contribution in [3.8, 4) is 0 Å². The van der Waals surface area contributed by atoms with Gasteiger partial charge in [-0.25, -0.2) is 0 Å². The zero-order valence-electron chi connectivity index (χ0n) is 12.6. The zero-order chi connectivity index (χ0) is 14.8. The van der Waals surface area contributed by atoms with Crippen LogP contribution in [0.25, 0.3) is 0 Å². The predicted octanol–water partition coefficient (Wildman–Crippen LogP) is 3.15. The van der Waals surface area contributed by atoms with E-state index in [9.17, 15) is 5.11 Å². The molecule has 0 bridgehead atoms. The second-order valence-electron chi connectivity index (χ2n) is 6.39. The van der Waals surface area contributed by atoms with Crippen molar-refractivity contribution < 1.29 is 5.11 Å². The average Bonchev–Trinajstić information content (AvgIpc) is 2.41. The van der Waals surface area contributed by atoms with Crippen molar-refractivity contribution in [2.75, 3.05) is 14.1 Å². The SMILES string of the molecule is CC1CCCC(C(O)Cc2ccncc2Cl)(N(C)C)C1. The number of nitrogens with zero attached hydrogens (tertiary/aromatic N) is 2. The van der Waals surface area contributed by atoms with Crippen LogP contribution in [-0.4, -0.2) is 40.7 Å². The van der Waals surface area contributed by atoms with E-state index < -0.39 is 6.10 Å². The maximum Gasteiger partial charge on any atom is 0.0764 e. The summed E-state index contributed by atoms with van der Waals surface area (Å²) in [4.78, 5) is 6.22. The summed E-state index contributed by atoms with van der Waals surface area (Å²) in [6, 6.07) is 1.90.